The molecule has 0 saturated heterocycles. The lowest BCUT2D eigenvalue weighted by Gasteiger charge is -2.17. The average Bonchev–Trinajstić information content (AvgIpc) is 2.53. The van der Waals surface area contributed by atoms with Gasteiger partial charge in [-0.05, 0) is 30.5 Å². The Morgan fingerprint density at radius 1 is 1.27 bits per heavy atom. The summed E-state index contributed by atoms with van der Waals surface area (Å²) in [5.41, 5.74) is 0.557. The van der Waals surface area contributed by atoms with Gasteiger partial charge in [0.05, 0.1) is 6.10 Å². The highest BCUT2D eigenvalue weighted by atomic mass is 16.5. The van der Waals surface area contributed by atoms with Crippen molar-refractivity contribution in [2.45, 2.75) is 18.9 Å². The second-order valence-corrected chi connectivity index (χ2v) is 5.06. The number of carbonyl (C=O) groups is 1. The van der Waals surface area contributed by atoms with Crippen molar-refractivity contribution in [3.8, 4) is 6.07 Å². The first kappa shape index (κ1) is 14.2. The number of para-hydroxylation sites is 1. The van der Waals surface area contributed by atoms with Crippen LogP contribution in [0.1, 0.15) is 17.5 Å². The third-order valence-electron chi connectivity index (χ3n) is 3.65. The molecule has 1 atom stereocenters. The van der Waals surface area contributed by atoms with E-state index in [2.05, 4.69) is 0 Å². The fourth-order valence-corrected chi connectivity index (χ4v) is 2.56. The van der Waals surface area contributed by atoms with Crippen molar-refractivity contribution in [2.24, 2.45) is 0 Å². The fraction of sp³-hybridized carbons (Fsp3) is 0.235. The van der Waals surface area contributed by atoms with Gasteiger partial charge in [0.1, 0.15) is 23.8 Å². The van der Waals surface area contributed by atoms with E-state index >= 15 is 0 Å². The summed E-state index contributed by atoms with van der Waals surface area (Å²) < 4.78 is 10.6. The maximum absolute atomic E-state index is 11.9. The first-order valence-electron chi connectivity index (χ1n) is 6.96. The zero-order valence-electron chi connectivity index (χ0n) is 11.7. The largest absolute Gasteiger partial charge is 0.422 e. The molecular weight excluding hydrogens is 282 g/mol. The number of hydrogen-bond donors (Lipinski definition) is 0. The van der Waals surface area contributed by atoms with Gasteiger partial charge < -0.3 is 9.15 Å². The molecule has 0 aliphatic carbocycles. The fourth-order valence-electron chi connectivity index (χ4n) is 2.56. The topological polar surface area (TPSA) is 80.3 Å². The van der Waals surface area contributed by atoms with E-state index in [9.17, 15) is 14.9 Å². The van der Waals surface area contributed by atoms with Gasteiger partial charge in [-0.15, -0.1) is 0 Å². The lowest BCUT2D eigenvalue weighted by Crippen LogP contribution is -2.21. The highest BCUT2D eigenvalue weighted by molar-refractivity contribution is 5.91. The number of aryl methyl sites for hydroxylation is 1. The smallest absolute Gasteiger partial charge is 0.354 e. The Morgan fingerprint density at radius 3 is 2.82 bits per heavy atom. The molecule has 1 aliphatic heterocycles. The van der Waals surface area contributed by atoms with E-state index in [1.807, 2.05) is 18.2 Å². The van der Waals surface area contributed by atoms with Gasteiger partial charge in [-0.3, -0.25) is 4.79 Å². The van der Waals surface area contributed by atoms with Gasteiger partial charge in [0.15, 0.2) is 5.78 Å². The molecule has 0 amide bonds. The minimum absolute atomic E-state index is 0.0366. The molecule has 1 aromatic heterocycles. The molecule has 0 saturated carbocycles. The average molecular weight is 295 g/mol. The number of hydrogen-bond acceptors (Lipinski definition) is 5. The SMILES string of the molecule is N#Cc1c(CCC2C=CC(=O)CO2)c2ccccc2oc1=O. The summed E-state index contributed by atoms with van der Waals surface area (Å²) in [6.07, 6.45) is 4.13. The highest BCUT2D eigenvalue weighted by Gasteiger charge is 2.18. The Hall–Kier alpha value is -2.71. The van der Waals surface area contributed by atoms with E-state index in [1.165, 1.54) is 6.08 Å². The van der Waals surface area contributed by atoms with Crippen molar-refractivity contribution in [3.63, 3.8) is 0 Å². The number of rotatable bonds is 3. The molecule has 0 bridgehead atoms. The summed E-state index contributed by atoms with van der Waals surface area (Å²) in [4.78, 5) is 23.0. The summed E-state index contributed by atoms with van der Waals surface area (Å²) in [5.74, 6) is -0.0558. The van der Waals surface area contributed by atoms with Gasteiger partial charge in [0, 0.05) is 5.39 Å². The predicted octanol–water partition coefficient (Wildman–Crippen LogP) is 2.12. The van der Waals surface area contributed by atoms with Crippen molar-refractivity contribution >= 4 is 16.8 Å². The molecule has 0 spiro atoms. The molecule has 0 fully saturated rings. The Labute approximate surface area is 126 Å². The number of benzene rings is 1. The van der Waals surface area contributed by atoms with Crippen molar-refractivity contribution < 1.29 is 13.9 Å². The number of carbonyl (C=O) groups excluding carboxylic acids is 1. The molecule has 1 aromatic carbocycles. The monoisotopic (exact) mass is 295 g/mol. The summed E-state index contributed by atoms with van der Waals surface area (Å²) in [6.45, 7) is 0.0734. The van der Waals surface area contributed by atoms with Crippen molar-refractivity contribution in [3.05, 3.63) is 58.0 Å². The van der Waals surface area contributed by atoms with Crippen LogP contribution in [-0.4, -0.2) is 18.5 Å². The predicted molar refractivity (Wildman–Crippen MR) is 79.4 cm³/mol. The van der Waals surface area contributed by atoms with E-state index in [0.717, 1.165) is 5.39 Å². The third kappa shape index (κ3) is 2.69. The molecule has 2 aromatic rings. The summed E-state index contributed by atoms with van der Waals surface area (Å²) in [7, 11) is 0. The standard InChI is InChI=1S/C17H13NO4/c18-9-15-13(8-7-12-6-5-11(19)10-21-12)14-3-1-2-4-16(14)22-17(15)20/h1-6,12H,7-8,10H2. The molecule has 5 heteroatoms. The summed E-state index contributed by atoms with van der Waals surface area (Å²) >= 11 is 0. The Bertz CT molecular complexity index is 857. The maximum atomic E-state index is 11.9. The van der Waals surface area contributed by atoms with Gasteiger partial charge in [-0.1, -0.05) is 24.3 Å². The van der Waals surface area contributed by atoms with Crippen molar-refractivity contribution in [1.29, 1.82) is 5.26 Å². The summed E-state index contributed by atoms with van der Waals surface area (Å²) in [5, 5.41) is 9.99. The van der Waals surface area contributed by atoms with Gasteiger partial charge in [0.25, 0.3) is 0 Å². The van der Waals surface area contributed by atoms with E-state index in [1.54, 1.807) is 18.2 Å². The van der Waals surface area contributed by atoms with Crippen LogP contribution in [0.25, 0.3) is 11.0 Å². The van der Waals surface area contributed by atoms with E-state index < -0.39 is 5.63 Å². The number of nitriles is 1. The van der Waals surface area contributed by atoms with E-state index in [-0.39, 0.29) is 24.1 Å². The molecule has 1 aliphatic rings. The lowest BCUT2D eigenvalue weighted by molar-refractivity contribution is -0.121. The molecule has 5 nitrogen and oxygen atoms in total. The Kier molecular flexibility index (Phi) is 3.86. The van der Waals surface area contributed by atoms with Gasteiger partial charge in [-0.25, -0.2) is 4.79 Å². The Balaban J connectivity index is 1.95. The number of ketones is 1. The van der Waals surface area contributed by atoms with E-state index in [4.69, 9.17) is 9.15 Å². The Morgan fingerprint density at radius 2 is 2.09 bits per heavy atom. The quantitative estimate of drug-likeness (QED) is 0.810. The second-order valence-electron chi connectivity index (χ2n) is 5.06. The first-order chi connectivity index (χ1) is 10.7. The molecule has 22 heavy (non-hydrogen) atoms. The van der Waals surface area contributed by atoms with Crippen LogP contribution in [0.5, 0.6) is 0 Å². The van der Waals surface area contributed by atoms with Crippen LogP contribution < -0.4 is 5.63 Å². The van der Waals surface area contributed by atoms with Crippen LogP contribution in [-0.2, 0) is 16.0 Å². The van der Waals surface area contributed by atoms with Crippen molar-refractivity contribution in [1.82, 2.24) is 0 Å². The molecule has 1 unspecified atom stereocenters. The second kappa shape index (κ2) is 5.96. The number of nitrogens with zero attached hydrogens (tertiary/aromatic N) is 1. The molecule has 3 rings (SSSR count). The first-order valence-corrected chi connectivity index (χ1v) is 6.96. The molecule has 2 heterocycles. The van der Waals surface area contributed by atoms with Gasteiger partial charge >= 0.3 is 5.63 Å². The maximum Gasteiger partial charge on any atom is 0.354 e. The van der Waals surface area contributed by atoms with Crippen LogP contribution in [0.2, 0.25) is 0 Å². The van der Waals surface area contributed by atoms with Crippen LogP contribution in [0.3, 0.4) is 0 Å². The normalized spacial score (nSPS) is 17.6. The zero-order valence-corrected chi connectivity index (χ0v) is 11.7. The zero-order chi connectivity index (χ0) is 15.5. The van der Waals surface area contributed by atoms with Crippen LogP contribution >= 0.6 is 0 Å². The van der Waals surface area contributed by atoms with Crippen LogP contribution in [0.4, 0.5) is 0 Å². The van der Waals surface area contributed by atoms with Crippen LogP contribution in [0, 0.1) is 11.3 Å². The highest BCUT2D eigenvalue weighted by Crippen LogP contribution is 2.22. The number of ether oxygens (including phenoxy) is 1. The van der Waals surface area contributed by atoms with Gasteiger partial charge in [-0.2, -0.15) is 5.26 Å². The van der Waals surface area contributed by atoms with Crippen molar-refractivity contribution in [2.75, 3.05) is 6.61 Å². The molecule has 0 radical (unpaired) electrons. The number of fused-ring (bicyclic) bond motifs is 1. The molecule has 0 N–H and O–H groups in total. The van der Waals surface area contributed by atoms with Crippen LogP contribution in [0.15, 0.2) is 45.6 Å². The minimum atomic E-state index is -0.619. The lowest BCUT2D eigenvalue weighted by atomic mass is 9.98. The van der Waals surface area contributed by atoms with E-state index in [0.29, 0.717) is 24.0 Å². The third-order valence-corrected chi connectivity index (χ3v) is 3.65. The molecule has 110 valence electrons. The summed E-state index contributed by atoms with van der Waals surface area (Å²) in [6, 6.07) is 9.08. The minimum Gasteiger partial charge on any atom is -0.422 e. The molecular formula is C17H13NO4. The van der Waals surface area contributed by atoms with Gasteiger partial charge in [0.2, 0.25) is 0 Å².